The van der Waals surface area contributed by atoms with Gasteiger partial charge in [0.05, 0.1) is 5.52 Å². The molecule has 0 saturated carbocycles. The highest BCUT2D eigenvalue weighted by Crippen LogP contribution is 2.42. The molecule has 1 aromatic carbocycles. The van der Waals surface area contributed by atoms with E-state index in [1.165, 1.54) is 32.4 Å². The topological polar surface area (TPSA) is 62.4 Å². The van der Waals surface area contributed by atoms with Gasteiger partial charge in [-0.05, 0) is 61.1 Å². The molecule has 2 unspecified atom stereocenters. The van der Waals surface area contributed by atoms with Gasteiger partial charge in [-0.25, -0.2) is 0 Å². The van der Waals surface area contributed by atoms with Crippen molar-refractivity contribution in [3.05, 3.63) is 36.0 Å². The standard InChI is InChI=1S/C19H25N3O/c1-2-12-11-22-8-6-13(12)9-18(22)19(20)15-5-7-21-17-4-3-14(23)10-16(15)17/h3-5,7,10,12-13,18-19,23H,2,6,8-9,11,20H2,1H3/t12-,13?,18+,19?/m0/s1. The van der Waals surface area contributed by atoms with E-state index >= 15 is 0 Å². The molecule has 0 amide bonds. The molecular formula is C19H25N3O. The first-order valence-electron chi connectivity index (χ1n) is 8.74. The highest BCUT2D eigenvalue weighted by atomic mass is 16.3. The van der Waals surface area contributed by atoms with Gasteiger partial charge in [-0.3, -0.25) is 9.88 Å². The second-order valence-corrected chi connectivity index (χ2v) is 7.14. The maximum absolute atomic E-state index is 9.84. The zero-order valence-electron chi connectivity index (χ0n) is 13.7. The van der Waals surface area contributed by atoms with E-state index in [9.17, 15) is 5.11 Å². The summed E-state index contributed by atoms with van der Waals surface area (Å²) in [4.78, 5) is 6.99. The molecule has 3 saturated heterocycles. The molecule has 2 aromatic rings. The maximum Gasteiger partial charge on any atom is 0.116 e. The lowest BCUT2D eigenvalue weighted by molar-refractivity contribution is -0.0105. The summed E-state index contributed by atoms with van der Waals surface area (Å²) in [6.07, 6.45) is 5.62. The first kappa shape index (κ1) is 14.9. The summed E-state index contributed by atoms with van der Waals surface area (Å²) >= 11 is 0. The lowest BCUT2D eigenvalue weighted by atomic mass is 9.72. The minimum atomic E-state index is -0.0251. The number of aromatic nitrogens is 1. The minimum Gasteiger partial charge on any atom is -0.508 e. The third-order valence-corrected chi connectivity index (χ3v) is 5.99. The Hall–Kier alpha value is -1.65. The number of phenolic OH excluding ortho intramolecular Hbond substituents is 1. The van der Waals surface area contributed by atoms with Gasteiger partial charge in [0, 0.05) is 30.2 Å². The summed E-state index contributed by atoms with van der Waals surface area (Å²) in [5.74, 6) is 1.93. The average molecular weight is 311 g/mol. The van der Waals surface area contributed by atoms with E-state index in [4.69, 9.17) is 5.73 Å². The molecule has 0 radical (unpaired) electrons. The summed E-state index contributed by atoms with van der Waals surface area (Å²) in [7, 11) is 0. The zero-order valence-corrected chi connectivity index (χ0v) is 13.7. The highest BCUT2D eigenvalue weighted by molar-refractivity contribution is 5.83. The maximum atomic E-state index is 9.84. The molecule has 23 heavy (non-hydrogen) atoms. The van der Waals surface area contributed by atoms with Gasteiger partial charge in [0.25, 0.3) is 0 Å². The van der Waals surface area contributed by atoms with Gasteiger partial charge in [-0.1, -0.05) is 13.3 Å². The van der Waals surface area contributed by atoms with Crippen LogP contribution in [0.15, 0.2) is 30.5 Å². The molecular weight excluding hydrogens is 286 g/mol. The first-order valence-corrected chi connectivity index (χ1v) is 8.74. The van der Waals surface area contributed by atoms with E-state index in [0.717, 1.165) is 28.3 Å². The summed E-state index contributed by atoms with van der Waals surface area (Å²) in [5.41, 5.74) is 8.72. The van der Waals surface area contributed by atoms with E-state index in [0.29, 0.717) is 6.04 Å². The molecule has 0 aliphatic carbocycles. The molecule has 3 fully saturated rings. The predicted octanol–water partition coefficient (Wildman–Crippen LogP) is 3.06. The van der Waals surface area contributed by atoms with Crippen molar-refractivity contribution in [3.8, 4) is 5.75 Å². The van der Waals surface area contributed by atoms with Crippen LogP contribution in [0.3, 0.4) is 0 Å². The number of rotatable bonds is 3. The van der Waals surface area contributed by atoms with Gasteiger partial charge in [0.1, 0.15) is 5.75 Å². The summed E-state index contributed by atoms with van der Waals surface area (Å²) in [6, 6.07) is 7.74. The van der Waals surface area contributed by atoms with Gasteiger partial charge in [-0.15, -0.1) is 0 Å². The van der Waals surface area contributed by atoms with Gasteiger partial charge < -0.3 is 10.8 Å². The SMILES string of the molecule is CC[C@H]1C[N@@]2CCC1C[C@@H]2C(N)c1ccnc2ccc(O)cc12. The number of nitrogens with two attached hydrogens (primary N) is 1. The van der Waals surface area contributed by atoms with Gasteiger partial charge in [-0.2, -0.15) is 0 Å². The number of pyridine rings is 1. The van der Waals surface area contributed by atoms with Crippen LogP contribution in [-0.4, -0.2) is 34.1 Å². The highest BCUT2D eigenvalue weighted by Gasteiger charge is 2.41. The van der Waals surface area contributed by atoms with Crippen molar-refractivity contribution in [2.45, 2.75) is 38.3 Å². The fourth-order valence-corrected chi connectivity index (χ4v) is 4.67. The van der Waals surface area contributed by atoms with Crippen LogP contribution >= 0.6 is 0 Å². The molecule has 5 atom stereocenters. The van der Waals surface area contributed by atoms with Gasteiger partial charge in [0.2, 0.25) is 0 Å². The number of hydrogen-bond acceptors (Lipinski definition) is 4. The second-order valence-electron chi connectivity index (χ2n) is 7.14. The molecule has 5 rings (SSSR count). The molecule has 3 N–H and O–H groups in total. The molecule has 2 bridgehead atoms. The third-order valence-electron chi connectivity index (χ3n) is 5.99. The van der Waals surface area contributed by atoms with E-state index in [1.54, 1.807) is 12.1 Å². The Morgan fingerprint density at radius 2 is 2.26 bits per heavy atom. The van der Waals surface area contributed by atoms with Crippen molar-refractivity contribution in [1.82, 2.24) is 9.88 Å². The fraction of sp³-hybridized carbons (Fsp3) is 0.526. The lowest BCUT2D eigenvalue weighted by Crippen LogP contribution is -2.56. The van der Waals surface area contributed by atoms with Crippen LogP contribution in [0.5, 0.6) is 5.75 Å². The van der Waals surface area contributed by atoms with Crippen LogP contribution in [0.2, 0.25) is 0 Å². The molecule has 4 heterocycles. The van der Waals surface area contributed by atoms with Crippen molar-refractivity contribution >= 4 is 10.9 Å². The second kappa shape index (κ2) is 5.77. The Morgan fingerprint density at radius 3 is 3.00 bits per heavy atom. The number of benzene rings is 1. The van der Waals surface area contributed by atoms with E-state index < -0.39 is 0 Å². The number of phenols is 1. The molecule has 3 aliphatic heterocycles. The average Bonchev–Trinajstić information content (AvgIpc) is 2.60. The Bertz CT molecular complexity index is 717. The normalized spacial score (nSPS) is 31.4. The summed E-state index contributed by atoms with van der Waals surface area (Å²) in [6.45, 7) is 4.67. The quantitative estimate of drug-likeness (QED) is 0.914. The number of piperidine rings is 3. The van der Waals surface area contributed by atoms with Crippen molar-refractivity contribution < 1.29 is 5.11 Å². The minimum absolute atomic E-state index is 0.0251. The fourth-order valence-electron chi connectivity index (χ4n) is 4.67. The predicted molar refractivity (Wildman–Crippen MR) is 92.2 cm³/mol. The number of fused-ring (bicyclic) bond motifs is 4. The molecule has 4 heteroatoms. The van der Waals surface area contributed by atoms with Crippen LogP contribution in [-0.2, 0) is 0 Å². The van der Waals surface area contributed by atoms with Gasteiger partial charge >= 0.3 is 0 Å². The van der Waals surface area contributed by atoms with Crippen molar-refractivity contribution in [2.24, 2.45) is 17.6 Å². The monoisotopic (exact) mass is 311 g/mol. The third kappa shape index (κ3) is 2.50. The molecule has 0 spiro atoms. The van der Waals surface area contributed by atoms with Crippen LogP contribution in [0.1, 0.15) is 37.8 Å². The largest absolute Gasteiger partial charge is 0.508 e. The van der Waals surface area contributed by atoms with Crippen LogP contribution < -0.4 is 5.73 Å². The Labute approximate surface area is 137 Å². The number of aromatic hydroxyl groups is 1. The molecule has 1 aromatic heterocycles. The summed E-state index contributed by atoms with van der Waals surface area (Å²) < 4.78 is 0. The Balaban J connectivity index is 1.68. The van der Waals surface area contributed by atoms with Crippen molar-refractivity contribution in [1.29, 1.82) is 0 Å². The van der Waals surface area contributed by atoms with E-state index in [1.807, 2.05) is 18.3 Å². The van der Waals surface area contributed by atoms with Crippen molar-refractivity contribution in [3.63, 3.8) is 0 Å². The van der Waals surface area contributed by atoms with Gasteiger partial charge in [0.15, 0.2) is 0 Å². The number of nitrogens with zero attached hydrogens (tertiary/aromatic N) is 2. The van der Waals surface area contributed by atoms with Crippen LogP contribution in [0.4, 0.5) is 0 Å². The summed E-state index contributed by atoms with van der Waals surface area (Å²) in [5, 5.41) is 10.8. The molecule has 3 aliphatic rings. The first-order chi connectivity index (χ1) is 11.2. The van der Waals surface area contributed by atoms with Crippen molar-refractivity contribution in [2.75, 3.05) is 13.1 Å². The van der Waals surface area contributed by atoms with E-state index in [-0.39, 0.29) is 11.8 Å². The Morgan fingerprint density at radius 1 is 1.39 bits per heavy atom. The number of hydrogen-bond donors (Lipinski definition) is 2. The molecule has 122 valence electrons. The van der Waals surface area contributed by atoms with Crippen LogP contribution in [0.25, 0.3) is 10.9 Å². The Kier molecular flexibility index (Phi) is 3.74. The lowest BCUT2D eigenvalue weighted by Gasteiger charge is -2.51. The van der Waals surface area contributed by atoms with E-state index in [2.05, 4.69) is 16.8 Å². The smallest absolute Gasteiger partial charge is 0.116 e. The zero-order chi connectivity index (χ0) is 16.0. The molecule has 4 nitrogen and oxygen atoms in total. The van der Waals surface area contributed by atoms with Crippen LogP contribution in [0, 0.1) is 11.8 Å².